The van der Waals surface area contributed by atoms with Crippen molar-refractivity contribution in [1.29, 1.82) is 0 Å². The molecule has 188 valence electrons. The molecular weight excluding hydrogens is 515 g/mol. The number of allylic oxidation sites excluding steroid dienone is 1. The summed E-state index contributed by atoms with van der Waals surface area (Å²) in [5.41, 5.74) is 3.27. The van der Waals surface area contributed by atoms with Gasteiger partial charge in [-0.2, -0.15) is 10.1 Å². The van der Waals surface area contributed by atoms with Crippen LogP contribution < -0.4 is 19.8 Å². The molecule has 0 atom stereocenters. The van der Waals surface area contributed by atoms with Gasteiger partial charge < -0.3 is 19.7 Å². The molecule has 0 aromatic heterocycles. The Kier molecular flexibility index (Phi) is 6.78. The molecule has 0 spiro atoms. The van der Waals surface area contributed by atoms with Crippen LogP contribution in [0.1, 0.15) is 21.5 Å². The minimum Gasteiger partial charge on any atom is -0.497 e. The number of ether oxygens (including phenoxy) is 2. The second-order valence-electron chi connectivity index (χ2n) is 8.50. The largest absolute Gasteiger partial charge is 0.497 e. The Morgan fingerprint density at radius 3 is 2.57 bits per heavy atom. The number of methoxy groups -OCH3 is 1. The topological polar surface area (TPSA) is 83.5 Å². The van der Waals surface area contributed by atoms with Gasteiger partial charge in [-0.15, -0.1) is 0 Å². The van der Waals surface area contributed by atoms with Gasteiger partial charge in [0.2, 0.25) is 0 Å². The molecule has 0 saturated carbocycles. The zero-order chi connectivity index (χ0) is 26.1. The summed E-state index contributed by atoms with van der Waals surface area (Å²) in [5.74, 6) is 1.44. The van der Waals surface area contributed by atoms with Gasteiger partial charge in [-0.05, 0) is 60.0 Å². The van der Waals surface area contributed by atoms with E-state index < -0.39 is 6.03 Å². The predicted molar refractivity (Wildman–Crippen MR) is 143 cm³/mol. The molecule has 8 nitrogen and oxygen atoms in total. The number of nitrogens with one attached hydrogen (secondary N) is 1. The van der Waals surface area contributed by atoms with Crippen LogP contribution in [-0.4, -0.2) is 36.7 Å². The van der Waals surface area contributed by atoms with E-state index >= 15 is 0 Å². The maximum Gasteiger partial charge on any atom is 0.347 e. The smallest absolute Gasteiger partial charge is 0.347 e. The Morgan fingerprint density at radius 2 is 1.84 bits per heavy atom. The zero-order valence-electron chi connectivity index (χ0n) is 19.8. The summed E-state index contributed by atoms with van der Waals surface area (Å²) >= 11 is 12.9. The number of hydrogen-bond acceptors (Lipinski definition) is 5. The van der Waals surface area contributed by atoms with Crippen molar-refractivity contribution in [2.24, 2.45) is 5.10 Å². The van der Waals surface area contributed by atoms with E-state index in [-0.39, 0.29) is 21.7 Å². The second kappa shape index (κ2) is 10.2. The van der Waals surface area contributed by atoms with Crippen molar-refractivity contribution in [3.63, 3.8) is 0 Å². The minimum atomic E-state index is -0.479. The van der Waals surface area contributed by atoms with Crippen LogP contribution in [0.4, 0.5) is 10.5 Å². The van der Waals surface area contributed by atoms with Crippen molar-refractivity contribution in [3.8, 4) is 17.2 Å². The maximum absolute atomic E-state index is 13.1. The standard InChI is InChI=1S/C27H22Cl2N4O4/c1-16-14-30-33(27(35)31-16)19-12-23(28)25(24(29)13-19)37-21-6-7-22-18(11-21)8-9-32(26(22)34)15-17-4-3-5-20(10-17)36-2/h3-7,10-14H,1,8-9,15H2,2H3,(H,31,35). The molecule has 0 bridgehead atoms. The van der Waals surface area contributed by atoms with Crippen LogP contribution >= 0.6 is 23.2 Å². The molecule has 2 heterocycles. The number of carbonyl (C=O) groups is 2. The summed E-state index contributed by atoms with van der Waals surface area (Å²) in [5, 5.41) is 8.14. The van der Waals surface area contributed by atoms with Crippen molar-refractivity contribution < 1.29 is 19.1 Å². The van der Waals surface area contributed by atoms with Crippen molar-refractivity contribution >= 4 is 47.0 Å². The first-order chi connectivity index (χ1) is 17.8. The summed E-state index contributed by atoms with van der Waals surface area (Å²) in [4.78, 5) is 27.2. The van der Waals surface area contributed by atoms with Gasteiger partial charge in [0.1, 0.15) is 11.5 Å². The fourth-order valence-electron chi connectivity index (χ4n) is 4.19. The molecule has 3 aromatic carbocycles. The van der Waals surface area contributed by atoms with E-state index in [9.17, 15) is 9.59 Å². The molecule has 1 N–H and O–H groups in total. The maximum atomic E-state index is 13.1. The molecule has 2 aliphatic rings. The molecule has 10 heteroatoms. The number of carbonyl (C=O) groups excluding carboxylic acids is 2. The summed E-state index contributed by atoms with van der Waals surface area (Å²) in [7, 11) is 1.62. The molecule has 3 amide bonds. The number of benzene rings is 3. The van der Waals surface area contributed by atoms with E-state index in [0.717, 1.165) is 21.9 Å². The number of nitrogens with zero attached hydrogens (tertiary/aromatic N) is 3. The molecule has 3 aromatic rings. The molecule has 2 aliphatic heterocycles. The molecule has 37 heavy (non-hydrogen) atoms. The second-order valence-corrected chi connectivity index (χ2v) is 9.31. The predicted octanol–water partition coefficient (Wildman–Crippen LogP) is 6.02. The van der Waals surface area contributed by atoms with E-state index in [0.29, 0.717) is 42.2 Å². The summed E-state index contributed by atoms with van der Waals surface area (Å²) in [6.45, 7) is 4.72. The fourth-order valence-corrected chi connectivity index (χ4v) is 4.74. The van der Waals surface area contributed by atoms with Crippen molar-refractivity contribution in [2.75, 3.05) is 18.7 Å². The van der Waals surface area contributed by atoms with Crippen LogP contribution in [0, 0.1) is 0 Å². The first-order valence-corrected chi connectivity index (χ1v) is 12.1. The third-order valence-electron chi connectivity index (χ3n) is 5.99. The Labute approximate surface area is 223 Å². The third-order valence-corrected chi connectivity index (χ3v) is 6.55. The number of fused-ring (bicyclic) bond motifs is 1. The van der Waals surface area contributed by atoms with E-state index in [1.165, 1.54) is 18.3 Å². The lowest BCUT2D eigenvalue weighted by atomic mass is 9.98. The average molecular weight is 537 g/mol. The highest BCUT2D eigenvalue weighted by Crippen LogP contribution is 2.40. The van der Waals surface area contributed by atoms with Gasteiger partial charge in [0.05, 0.1) is 34.8 Å². The number of halogens is 2. The van der Waals surface area contributed by atoms with Crippen LogP contribution in [0.2, 0.25) is 10.0 Å². The van der Waals surface area contributed by atoms with E-state index in [2.05, 4.69) is 17.0 Å². The van der Waals surface area contributed by atoms with Gasteiger partial charge in [-0.1, -0.05) is 41.9 Å². The molecule has 0 radical (unpaired) electrons. The van der Waals surface area contributed by atoms with Crippen molar-refractivity contribution in [1.82, 2.24) is 10.2 Å². The van der Waals surface area contributed by atoms with Gasteiger partial charge in [0.15, 0.2) is 5.75 Å². The zero-order valence-corrected chi connectivity index (χ0v) is 21.3. The number of urea groups is 1. The SMILES string of the molecule is C=C1C=NN(c2cc(Cl)c(Oc3ccc4c(c3)CCN(Cc3cccc(OC)c3)C4=O)c(Cl)c2)C(=O)N1. The van der Waals surface area contributed by atoms with E-state index in [1.54, 1.807) is 19.2 Å². The van der Waals surface area contributed by atoms with Crippen LogP contribution in [0.5, 0.6) is 17.2 Å². The number of anilines is 1. The fraction of sp³-hybridized carbons (Fsp3) is 0.148. The van der Waals surface area contributed by atoms with Gasteiger partial charge in [-0.25, -0.2) is 4.79 Å². The lowest BCUT2D eigenvalue weighted by molar-refractivity contribution is 0.0727. The highest BCUT2D eigenvalue weighted by atomic mass is 35.5. The Morgan fingerprint density at radius 1 is 1.05 bits per heavy atom. The Bertz CT molecular complexity index is 1430. The first-order valence-electron chi connectivity index (χ1n) is 11.4. The van der Waals surface area contributed by atoms with E-state index in [1.807, 2.05) is 35.2 Å². The van der Waals surface area contributed by atoms with Crippen molar-refractivity contribution in [3.05, 3.63) is 93.6 Å². The lowest BCUT2D eigenvalue weighted by Gasteiger charge is -2.29. The number of amides is 3. The van der Waals surface area contributed by atoms with Crippen molar-refractivity contribution in [2.45, 2.75) is 13.0 Å². The summed E-state index contributed by atoms with van der Waals surface area (Å²) in [6.07, 6.45) is 2.09. The number of hydrogen-bond donors (Lipinski definition) is 1. The summed E-state index contributed by atoms with van der Waals surface area (Å²) in [6, 6.07) is 15.6. The van der Waals surface area contributed by atoms with E-state index in [4.69, 9.17) is 32.7 Å². The van der Waals surface area contributed by atoms with Crippen LogP contribution in [0.25, 0.3) is 0 Å². The summed E-state index contributed by atoms with van der Waals surface area (Å²) < 4.78 is 11.3. The monoisotopic (exact) mass is 536 g/mol. The first kappa shape index (κ1) is 24.7. The van der Waals surface area contributed by atoms with Gasteiger partial charge >= 0.3 is 6.03 Å². The normalized spacial score (nSPS) is 14.9. The van der Waals surface area contributed by atoms with Gasteiger partial charge in [-0.3, -0.25) is 4.79 Å². The van der Waals surface area contributed by atoms with Crippen LogP contribution in [0.15, 0.2) is 72.0 Å². The third kappa shape index (κ3) is 5.12. The highest BCUT2D eigenvalue weighted by Gasteiger charge is 2.26. The number of rotatable bonds is 6. The van der Waals surface area contributed by atoms with Gasteiger partial charge in [0.25, 0.3) is 5.91 Å². The Hall–Kier alpha value is -4.01. The quantitative estimate of drug-likeness (QED) is 0.417. The minimum absolute atomic E-state index is 0.0425. The van der Waals surface area contributed by atoms with Crippen LogP contribution in [-0.2, 0) is 13.0 Å². The molecule has 5 rings (SSSR count). The Balaban J connectivity index is 1.33. The molecule has 0 aliphatic carbocycles. The molecular formula is C27H22Cl2N4O4. The van der Waals surface area contributed by atoms with Gasteiger partial charge in [0, 0.05) is 18.7 Å². The van der Waals surface area contributed by atoms with Crippen LogP contribution in [0.3, 0.4) is 0 Å². The average Bonchev–Trinajstić information content (AvgIpc) is 2.88. The molecule has 0 saturated heterocycles. The number of hydrazone groups is 1. The highest BCUT2D eigenvalue weighted by molar-refractivity contribution is 6.37. The molecule has 0 fully saturated rings. The molecule has 0 unspecified atom stereocenters. The lowest BCUT2D eigenvalue weighted by Crippen LogP contribution is -2.40.